The monoisotopic (exact) mass is 591 g/mol. The summed E-state index contributed by atoms with van der Waals surface area (Å²) in [5.41, 5.74) is 8.23. The number of amides is 1. The molecule has 1 unspecified atom stereocenters. The van der Waals surface area contributed by atoms with Gasteiger partial charge in [0.05, 0.1) is 30.5 Å². The smallest absolute Gasteiger partial charge is 0.337 e. The number of methoxy groups -OCH3 is 1. The maximum atomic E-state index is 14.6. The minimum atomic E-state index is -1.24. The van der Waals surface area contributed by atoms with Crippen LogP contribution in [0.4, 0.5) is 11.6 Å². The van der Waals surface area contributed by atoms with Gasteiger partial charge < -0.3 is 24.7 Å². The van der Waals surface area contributed by atoms with Crippen molar-refractivity contribution in [3.05, 3.63) is 90.3 Å². The molecule has 2 N–H and O–H groups in total. The number of carbonyl (C=O) groups is 2. The summed E-state index contributed by atoms with van der Waals surface area (Å²) in [6.07, 6.45) is 3.19. The number of nitrogens with two attached hydrogens (primary N) is 1. The van der Waals surface area contributed by atoms with Crippen molar-refractivity contribution < 1.29 is 18.7 Å². The molecule has 13 nitrogen and oxygen atoms in total. The van der Waals surface area contributed by atoms with E-state index in [4.69, 9.17) is 20.0 Å². The Kier molecular flexibility index (Phi) is 6.49. The molecule has 0 aliphatic carbocycles. The number of benzene rings is 2. The first-order chi connectivity index (χ1) is 21.4. The normalized spacial score (nSPS) is 15.0. The fourth-order valence-corrected chi connectivity index (χ4v) is 5.75. The molecule has 1 aliphatic heterocycles. The fourth-order valence-electron chi connectivity index (χ4n) is 5.75. The summed E-state index contributed by atoms with van der Waals surface area (Å²) in [7, 11) is 1.36. The number of anilines is 2. The van der Waals surface area contributed by atoms with Crippen LogP contribution in [0.3, 0.4) is 0 Å². The van der Waals surface area contributed by atoms with Gasteiger partial charge in [-0.15, -0.1) is 5.10 Å². The van der Waals surface area contributed by atoms with E-state index in [1.54, 1.807) is 41.4 Å². The van der Waals surface area contributed by atoms with Crippen molar-refractivity contribution in [1.29, 1.82) is 0 Å². The molecule has 1 fully saturated rings. The van der Waals surface area contributed by atoms with Crippen LogP contribution in [-0.2, 0) is 15.1 Å². The number of hydrogen-bond acceptors (Lipinski definition) is 10. The van der Waals surface area contributed by atoms with Crippen LogP contribution in [0.15, 0.2) is 83.6 Å². The summed E-state index contributed by atoms with van der Waals surface area (Å²) >= 11 is 0. The average molecular weight is 592 g/mol. The van der Waals surface area contributed by atoms with Crippen LogP contribution >= 0.6 is 0 Å². The Morgan fingerprint density at radius 3 is 2.36 bits per heavy atom. The lowest BCUT2D eigenvalue weighted by molar-refractivity contribution is -0.138. The highest BCUT2D eigenvalue weighted by Crippen LogP contribution is 2.33. The van der Waals surface area contributed by atoms with Gasteiger partial charge >= 0.3 is 5.97 Å². The number of piperazine rings is 1. The highest BCUT2D eigenvalue weighted by atomic mass is 16.5. The zero-order valence-electron chi connectivity index (χ0n) is 24.1. The van der Waals surface area contributed by atoms with Gasteiger partial charge in [0.2, 0.25) is 11.8 Å². The second kappa shape index (κ2) is 10.5. The molecule has 0 radical (unpaired) electrons. The first-order valence-electron chi connectivity index (χ1n) is 14.1. The van der Waals surface area contributed by atoms with E-state index in [0.29, 0.717) is 60.0 Å². The van der Waals surface area contributed by atoms with Crippen LogP contribution in [0.2, 0.25) is 0 Å². The van der Waals surface area contributed by atoms with Crippen molar-refractivity contribution in [1.82, 2.24) is 34.3 Å². The van der Waals surface area contributed by atoms with Crippen molar-refractivity contribution in [2.75, 3.05) is 43.9 Å². The minimum Gasteiger partial charge on any atom is -0.465 e. The Bertz CT molecular complexity index is 1980. The highest BCUT2D eigenvalue weighted by molar-refractivity contribution is 5.94. The summed E-state index contributed by atoms with van der Waals surface area (Å²) in [5, 5.41) is 9.79. The minimum absolute atomic E-state index is 0.106. The third-order valence-electron chi connectivity index (χ3n) is 8.17. The number of nitrogen functional groups attached to an aromatic ring is 1. The Morgan fingerprint density at radius 2 is 1.68 bits per heavy atom. The molecule has 44 heavy (non-hydrogen) atoms. The van der Waals surface area contributed by atoms with Crippen LogP contribution in [-0.4, -0.2) is 79.4 Å². The molecule has 1 amide bonds. The predicted octanol–water partition coefficient (Wildman–Crippen LogP) is 3.22. The van der Waals surface area contributed by atoms with Gasteiger partial charge in [-0.1, -0.05) is 30.3 Å². The average Bonchev–Trinajstić information content (AvgIpc) is 3.85. The lowest BCUT2D eigenvalue weighted by Crippen LogP contribution is -2.56. The van der Waals surface area contributed by atoms with E-state index in [1.165, 1.54) is 11.6 Å². The number of aromatic nitrogens is 6. The molecule has 5 heterocycles. The van der Waals surface area contributed by atoms with Crippen molar-refractivity contribution in [3.63, 3.8) is 0 Å². The first-order valence-corrected chi connectivity index (χ1v) is 14.1. The van der Waals surface area contributed by atoms with Gasteiger partial charge in [-0.2, -0.15) is 14.6 Å². The number of fused-ring (bicyclic) bond motifs is 3. The number of furan rings is 1. The quantitative estimate of drug-likeness (QED) is 0.286. The molecule has 0 bridgehead atoms. The van der Waals surface area contributed by atoms with E-state index < -0.39 is 5.54 Å². The number of rotatable bonds is 6. The van der Waals surface area contributed by atoms with Gasteiger partial charge in [-0.05, 0) is 48.9 Å². The van der Waals surface area contributed by atoms with E-state index in [-0.39, 0.29) is 17.8 Å². The van der Waals surface area contributed by atoms with E-state index in [9.17, 15) is 9.59 Å². The second-order valence-electron chi connectivity index (χ2n) is 10.7. The van der Waals surface area contributed by atoms with Gasteiger partial charge in [0.15, 0.2) is 22.6 Å². The Balaban J connectivity index is 1.23. The van der Waals surface area contributed by atoms with Crippen molar-refractivity contribution in [2.45, 2.75) is 12.5 Å². The second-order valence-corrected chi connectivity index (χ2v) is 10.7. The van der Waals surface area contributed by atoms with E-state index in [1.807, 2.05) is 54.3 Å². The lowest BCUT2D eigenvalue weighted by Gasteiger charge is -2.40. The molecule has 1 atom stereocenters. The summed E-state index contributed by atoms with van der Waals surface area (Å²) in [4.78, 5) is 39.7. The van der Waals surface area contributed by atoms with Crippen LogP contribution in [0.5, 0.6) is 0 Å². The molecule has 222 valence electrons. The molecule has 1 aliphatic rings. The van der Waals surface area contributed by atoms with Gasteiger partial charge in [-0.25, -0.2) is 14.5 Å². The van der Waals surface area contributed by atoms with Crippen molar-refractivity contribution >= 4 is 40.2 Å². The Hall–Kier alpha value is -5.72. The molecule has 0 saturated carbocycles. The number of hydrogen-bond donors (Lipinski definition) is 1. The SMILES string of the molecule is COC(=O)c1ccc(N2CCN(C(=O)C(C)(c3ccccc3)n3ncc4c3nc(N)n3nc(-c5ccco5)nc43)CC2)cc1. The maximum Gasteiger partial charge on any atom is 0.337 e. The zero-order valence-corrected chi connectivity index (χ0v) is 24.1. The fraction of sp³-hybridized carbons (Fsp3) is 0.226. The van der Waals surface area contributed by atoms with E-state index in [2.05, 4.69) is 20.0 Å². The lowest BCUT2D eigenvalue weighted by atomic mass is 9.90. The third kappa shape index (κ3) is 4.32. The summed E-state index contributed by atoms with van der Waals surface area (Å²) in [6, 6.07) is 20.3. The molecule has 13 heteroatoms. The van der Waals surface area contributed by atoms with Crippen LogP contribution in [0.1, 0.15) is 22.8 Å². The van der Waals surface area contributed by atoms with E-state index in [0.717, 1.165) is 11.3 Å². The number of esters is 1. The summed E-state index contributed by atoms with van der Waals surface area (Å²) < 4.78 is 13.4. The third-order valence-corrected chi connectivity index (χ3v) is 8.17. The largest absolute Gasteiger partial charge is 0.465 e. The number of nitrogens with zero attached hydrogens (tertiary/aromatic N) is 8. The van der Waals surface area contributed by atoms with Gasteiger partial charge in [0.1, 0.15) is 0 Å². The molecule has 0 spiro atoms. The molecule has 2 aromatic carbocycles. The summed E-state index contributed by atoms with van der Waals surface area (Å²) in [6.45, 7) is 4.09. The molecular formula is C31H29N9O4. The van der Waals surface area contributed by atoms with Gasteiger partial charge in [0, 0.05) is 31.9 Å². The topological polar surface area (TPSA) is 150 Å². The highest BCUT2D eigenvalue weighted by Gasteiger charge is 2.43. The maximum absolute atomic E-state index is 14.6. The summed E-state index contributed by atoms with van der Waals surface area (Å²) in [5.74, 6) is 0.471. The number of ether oxygens (including phenoxy) is 1. The van der Waals surface area contributed by atoms with Crippen molar-refractivity contribution in [2.24, 2.45) is 0 Å². The molecule has 1 saturated heterocycles. The van der Waals surface area contributed by atoms with E-state index >= 15 is 0 Å². The van der Waals surface area contributed by atoms with Crippen LogP contribution in [0.25, 0.3) is 28.3 Å². The predicted molar refractivity (Wildman–Crippen MR) is 162 cm³/mol. The molecule has 6 aromatic rings. The Labute approximate surface area is 251 Å². The first kappa shape index (κ1) is 27.1. The Morgan fingerprint density at radius 1 is 0.932 bits per heavy atom. The van der Waals surface area contributed by atoms with Crippen LogP contribution in [0, 0.1) is 0 Å². The molecule has 7 rings (SSSR count). The van der Waals surface area contributed by atoms with Crippen molar-refractivity contribution in [3.8, 4) is 11.6 Å². The zero-order chi connectivity index (χ0) is 30.4. The van der Waals surface area contributed by atoms with Gasteiger partial charge in [0.25, 0.3) is 5.91 Å². The molecular weight excluding hydrogens is 562 g/mol. The van der Waals surface area contributed by atoms with Gasteiger partial charge in [-0.3, -0.25) is 4.79 Å². The standard InChI is InChI=1S/C31H29N9O4/c1-31(21-7-4-3-5-8-21,29(42)38-16-14-37(15-17-38)22-12-10-20(11-13-22)28(41)43-2)40-27-23(19-33-40)26-34-25(24-9-6-18-44-24)36-39(26)30(32)35-27/h3-13,18-19H,14-17H2,1-2H3,(H2,32,35). The number of carbonyl (C=O) groups excluding carboxylic acids is 2. The molecule has 4 aromatic heterocycles. The van der Waals surface area contributed by atoms with Crippen LogP contribution < -0.4 is 10.6 Å².